The van der Waals surface area contributed by atoms with E-state index < -0.39 is 12.2 Å². The second-order valence-electron chi connectivity index (χ2n) is 4.97. The molecule has 7 heteroatoms. The first kappa shape index (κ1) is 13.6. The molecule has 2 fully saturated rings. The molecule has 2 heterocycles. The molecule has 2 unspecified atom stereocenters. The van der Waals surface area contributed by atoms with Crippen molar-refractivity contribution in [3.63, 3.8) is 0 Å². The van der Waals surface area contributed by atoms with E-state index in [-0.39, 0.29) is 31.3 Å². The van der Waals surface area contributed by atoms with Crippen molar-refractivity contribution < 1.29 is 18.0 Å². The number of rotatable bonds is 2. The number of nitrogens with one attached hydrogen (secondary N) is 2. The second-order valence-corrected chi connectivity index (χ2v) is 4.97. The highest BCUT2D eigenvalue weighted by atomic mass is 19.4. The molecule has 0 radical (unpaired) electrons. The standard InChI is InChI=1S/C11H18F3N3O/c12-11(13,14)9-6-16-10(18)2-4-17(9)7-8-1-3-15-5-8/h8-9,15H,1-7H2,(H,16,18). The van der Waals surface area contributed by atoms with Gasteiger partial charge in [-0.2, -0.15) is 13.2 Å². The molecular weight excluding hydrogens is 247 g/mol. The van der Waals surface area contributed by atoms with Gasteiger partial charge in [-0.3, -0.25) is 9.69 Å². The number of alkyl halides is 3. The average molecular weight is 265 g/mol. The lowest BCUT2D eigenvalue weighted by molar-refractivity contribution is -0.182. The molecule has 2 saturated heterocycles. The molecule has 0 aromatic rings. The van der Waals surface area contributed by atoms with Crippen molar-refractivity contribution in [2.45, 2.75) is 25.1 Å². The van der Waals surface area contributed by atoms with E-state index in [1.54, 1.807) is 0 Å². The first-order valence-electron chi connectivity index (χ1n) is 6.25. The van der Waals surface area contributed by atoms with Gasteiger partial charge in [0.25, 0.3) is 0 Å². The lowest BCUT2D eigenvalue weighted by Gasteiger charge is -2.32. The summed E-state index contributed by atoms with van der Waals surface area (Å²) in [4.78, 5) is 12.6. The zero-order chi connectivity index (χ0) is 13.2. The van der Waals surface area contributed by atoms with Gasteiger partial charge in [0.2, 0.25) is 5.91 Å². The van der Waals surface area contributed by atoms with Crippen LogP contribution in [0.15, 0.2) is 0 Å². The molecule has 0 spiro atoms. The maximum atomic E-state index is 13.0. The van der Waals surface area contributed by atoms with Crippen molar-refractivity contribution in [2.75, 3.05) is 32.7 Å². The van der Waals surface area contributed by atoms with Crippen LogP contribution >= 0.6 is 0 Å². The van der Waals surface area contributed by atoms with E-state index in [0.29, 0.717) is 6.54 Å². The van der Waals surface area contributed by atoms with Gasteiger partial charge in [-0.15, -0.1) is 0 Å². The van der Waals surface area contributed by atoms with Crippen molar-refractivity contribution in [3.8, 4) is 0 Å². The molecule has 0 aromatic heterocycles. The van der Waals surface area contributed by atoms with E-state index in [1.165, 1.54) is 4.90 Å². The minimum atomic E-state index is -4.29. The van der Waals surface area contributed by atoms with E-state index in [1.807, 2.05) is 0 Å². The molecule has 0 bridgehead atoms. The first-order chi connectivity index (χ1) is 8.47. The van der Waals surface area contributed by atoms with Crippen molar-refractivity contribution in [3.05, 3.63) is 0 Å². The van der Waals surface area contributed by atoms with E-state index in [0.717, 1.165) is 19.5 Å². The molecule has 2 aliphatic heterocycles. The minimum Gasteiger partial charge on any atom is -0.354 e. The van der Waals surface area contributed by atoms with Crippen molar-refractivity contribution in [1.29, 1.82) is 0 Å². The Balaban J connectivity index is 2.03. The van der Waals surface area contributed by atoms with Crippen LogP contribution in [0.5, 0.6) is 0 Å². The highest BCUT2D eigenvalue weighted by Crippen LogP contribution is 2.27. The van der Waals surface area contributed by atoms with Crippen LogP contribution in [0.25, 0.3) is 0 Å². The first-order valence-corrected chi connectivity index (χ1v) is 6.25. The minimum absolute atomic E-state index is 0.146. The van der Waals surface area contributed by atoms with E-state index in [9.17, 15) is 18.0 Å². The lowest BCUT2D eigenvalue weighted by atomic mass is 10.1. The van der Waals surface area contributed by atoms with Gasteiger partial charge >= 0.3 is 6.18 Å². The van der Waals surface area contributed by atoms with Crippen LogP contribution < -0.4 is 10.6 Å². The second kappa shape index (κ2) is 5.44. The maximum Gasteiger partial charge on any atom is 0.405 e. The number of amides is 1. The van der Waals surface area contributed by atoms with Gasteiger partial charge < -0.3 is 10.6 Å². The van der Waals surface area contributed by atoms with Crippen LogP contribution in [0.3, 0.4) is 0 Å². The summed E-state index contributed by atoms with van der Waals surface area (Å²) >= 11 is 0. The van der Waals surface area contributed by atoms with Gasteiger partial charge in [0, 0.05) is 26.1 Å². The van der Waals surface area contributed by atoms with Crippen LogP contribution in [-0.2, 0) is 4.79 Å². The Morgan fingerprint density at radius 1 is 1.33 bits per heavy atom. The smallest absolute Gasteiger partial charge is 0.354 e. The van der Waals surface area contributed by atoms with Crippen molar-refractivity contribution >= 4 is 5.91 Å². The zero-order valence-electron chi connectivity index (χ0n) is 10.1. The van der Waals surface area contributed by atoms with Crippen LogP contribution in [0.2, 0.25) is 0 Å². The van der Waals surface area contributed by atoms with Gasteiger partial charge in [-0.1, -0.05) is 0 Å². The Labute approximate surface area is 104 Å². The Hall–Kier alpha value is -0.820. The third-order valence-electron chi connectivity index (χ3n) is 3.59. The number of nitrogens with zero attached hydrogens (tertiary/aromatic N) is 1. The summed E-state index contributed by atoms with van der Waals surface area (Å²) in [7, 11) is 0. The summed E-state index contributed by atoms with van der Waals surface area (Å²) in [5, 5.41) is 5.49. The number of carbonyl (C=O) groups is 1. The molecule has 1 amide bonds. The van der Waals surface area contributed by atoms with Gasteiger partial charge in [-0.25, -0.2) is 0 Å². The van der Waals surface area contributed by atoms with Gasteiger partial charge in [0.15, 0.2) is 0 Å². The lowest BCUT2D eigenvalue weighted by Crippen LogP contribution is -2.51. The molecule has 2 N–H and O–H groups in total. The molecule has 0 saturated carbocycles. The summed E-state index contributed by atoms with van der Waals surface area (Å²) in [6, 6.07) is -1.55. The summed E-state index contributed by atoms with van der Waals surface area (Å²) in [6.45, 7) is 1.90. The summed E-state index contributed by atoms with van der Waals surface area (Å²) in [6.07, 6.45) is -3.24. The van der Waals surface area contributed by atoms with Crippen LogP contribution in [0, 0.1) is 5.92 Å². The van der Waals surface area contributed by atoms with E-state index in [2.05, 4.69) is 10.6 Å². The zero-order valence-corrected chi connectivity index (χ0v) is 10.1. The quantitative estimate of drug-likeness (QED) is 0.757. The van der Waals surface area contributed by atoms with Crippen LogP contribution in [0.1, 0.15) is 12.8 Å². The fourth-order valence-corrected chi connectivity index (χ4v) is 2.57. The molecular formula is C11H18F3N3O. The predicted molar refractivity (Wildman–Crippen MR) is 60.0 cm³/mol. The van der Waals surface area contributed by atoms with E-state index in [4.69, 9.17) is 0 Å². The SMILES string of the molecule is O=C1CCN(CC2CCNC2)C(C(F)(F)F)CN1. The number of halogens is 3. The fraction of sp³-hybridized carbons (Fsp3) is 0.909. The van der Waals surface area contributed by atoms with Crippen LogP contribution in [0.4, 0.5) is 13.2 Å². The van der Waals surface area contributed by atoms with Crippen molar-refractivity contribution in [2.24, 2.45) is 5.92 Å². The predicted octanol–water partition coefficient (Wildman–Crippen LogP) is 0.349. The molecule has 2 rings (SSSR count). The molecule has 18 heavy (non-hydrogen) atoms. The number of carbonyl (C=O) groups excluding carboxylic acids is 1. The Morgan fingerprint density at radius 2 is 2.11 bits per heavy atom. The third kappa shape index (κ3) is 3.35. The average Bonchev–Trinajstić information content (AvgIpc) is 2.69. The molecule has 104 valence electrons. The molecule has 2 aliphatic rings. The van der Waals surface area contributed by atoms with E-state index >= 15 is 0 Å². The molecule has 4 nitrogen and oxygen atoms in total. The Bertz CT molecular complexity index is 302. The van der Waals surface area contributed by atoms with Gasteiger partial charge in [0.05, 0.1) is 0 Å². The highest BCUT2D eigenvalue weighted by molar-refractivity contribution is 5.76. The molecule has 0 aromatic carbocycles. The van der Waals surface area contributed by atoms with Crippen LogP contribution in [-0.4, -0.2) is 55.7 Å². The fourth-order valence-electron chi connectivity index (χ4n) is 2.57. The Kier molecular flexibility index (Phi) is 4.11. The number of hydrogen-bond donors (Lipinski definition) is 2. The normalized spacial score (nSPS) is 31.2. The highest BCUT2D eigenvalue weighted by Gasteiger charge is 2.45. The summed E-state index contributed by atoms with van der Waals surface area (Å²) < 4.78 is 38.9. The summed E-state index contributed by atoms with van der Waals surface area (Å²) in [5.41, 5.74) is 0. The summed E-state index contributed by atoms with van der Waals surface area (Å²) in [5.74, 6) is -0.0423. The largest absolute Gasteiger partial charge is 0.405 e. The Morgan fingerprint density at radius 3 is 2.72 bits per heavy atom. The van der Waals surface area contributed by atoms with Gasteiger partial charge in [-0.05, 0) is 25.4 Å². The third-order valence-corrected chi connectivity index (χ3v) is 3.59. The maximum absolute atomic E-state index is 13.0. The molecule has 0 aliphatic carbocycles. The number of hydrogen-bond acceptors (Lipinski definition) is 3. The topological polar surface area (TPSA) is 44.4 Å². The van der Waals surface area contributed by atoms with Gasteiger partial charge in [0.1, 0.15) is 6.04 Å². The monoisotopic (exact) mass is 265 g/mol. The molecule has 2 atom stereocenters. The van der Waals surface area contributed by atoms with Crippen molar-refractivity contribution in [1.82, 2.24) is 15.5 Å².